The maximum Gasteiger partial charge on any atom is 0.133 e. The first-order chi connectivity index (χ1) is 8.25. The van der Waals surface area contributed by atoms with Gasteiger partial charge in [-0.05, 0) is 34.9 Å². The van der Waals surface area contributed by atoms with E-state index in [2.05, 4.69) is 4.99 Å². The van der Waals surface area contributed by atoms with Gasteiger partial charge in [0.25, 0.3) is 0 Å². The Morgan fingerprint density at radius 3 is 2.53 bits per heavy atom. The van der Waals surface area contributed by atoms with Crippen molar-refractivity contribution in [1.29, 1.82) is 0 Å². The predicted octanol–water partition coefficient (Wildman–Crippen LogP) is 3.56. The number of hydrogen-bond acceptors (Lipinski definition) is 1. The normalized spacial score (nSPS) is 12.8. The molecule has 1 aliphatic heterocycles. The summed E-state index contributed by atoms with van der Waals surface area (Å²) in [6, 6.07) is 9.26. The number of rotatable bonds is 1. The van der Waals surface area contributed by atoms with Gasteiger partial charge in [-0.25, -0.2) is 8.78 Å². The summed E-state index contributed by atoms with van der Waals surface area (Å²) in [5.41, 5.74) is 2.60. The van der Waals surface area contributed by atoms with Gasteiger partial charge >= 0.3 is 0 Å². The lowest BCUT2D eigenvalue weighted by Crippen LogP contribution is -1.92. The number of hydrogen-bond donors (Lipinski definition) is 0. The average Bonchev–Trinajstić information content (AvgIpc) is 2.76. The Morgan fingerprint density at radius 1 is 1.00 bits per heavy atom. The van der Waals surface area contributed by atoms with Gasteiger partial charge in [0, 0.05) is 6.21 Å². The van der Waals surface area contributed by atoms with E-state index in [4.69, 9.17) is 0 Å². The van der Waals surface area contributed by atoms with Crippen LogP contribution in [-0.2, 0) is 6.54 Å². The van der Waals surface area contributed by atoms with Crippen molar-refractivity contribution >= 4 is 6.21 Å². The molecule has 0 aliphatic carbocycles. The highest BCUT2D eigenvalue weighted by Crippen LogP contribution is 2.28. The van der Waals surface area contributed by atoms with Gasteiger partial charge in [-0.3, -0.25) is 4.99 Å². The van der Waals surface area contributed by atoms with Gasteiger partial charge in [0.15, 0.2) is 0 Å². The minimum atomic E-state index is -0.542. The topological polar surface area (TPSA) is 12.4 Å². The lowest BCUT2D eigenvalue weighted by molar-refractivity contribution is 0.589. The lowest BCUT2D eigenvalue weighted by atomic mass is 10.00. The standard InChI is InChI=1S/C14H9F2N/c15-12-2-1-3-13(16)14(12)9-4-5-10-7-17-8-11(10)6-9/h1-6,8H,7H2. The molecule has 1 heterocycles. The van der Waals surface area contributed by atoms with Crippen LogP contribution in [0, 0.1) is 11.6 Å². The van der Waals surface area contributed by atoms with E-state index in [1.54, 1.807) is 18.3 Å². The van der Waals surface area contributed by atoms with E-state index in [1.807, 2.05) is 6.07 Å². The van der Waals surface area contributed by atoms with Gasteiger partial charge in [-0.1, -0.05) is 18.2 Å². The Hall–Kier alpha value is -2.03. The fourth-order valence-corrected chi connectivity index (χ4v) is 2.03. The fourth-order valence-electron chi connectivity index (χ4n) is 2.03. The second kappa shape index (κ2) is 3.77. The summed E-state index contributed by atoms with van der Waals surface area (Å²) in [5.74, 6) is -1.08. The van der Waals surface area contributed by atoms with Gasteiger partial charge in [-0.15, -0.1) is 0 Å². The zero-order chi connectivity index (χ0) is 11.8. The zero-order valence-corrected chi connectivity index (χ0v) is 8.95. The van der Waals surface area contributed by atoms with Crippen molar-refractivity contribution in [1.82, 2.24) is 0 Å². The number of benzene rings is 2. The molecule has 0 saturated heterocycles. The maximum absolute atomic E-state index is 13.6. The van der Waals surface area contributed by atoms with Crippen LogP contribution in [0.2, 0.25) is 0 Å². The Bertz CT molecular complexity index is 597. The van der Waals surface area contributed by atoms with Crippen molar-refractivity contribution in [2.45, 2.75) is 6.54 Å². The van der Waals surface area contributed by atoms with E-state index in [0.29, 0.717) is 12.1 Å². The SMILES string of the molecule is Fc1cccc(F)c1-c1ccc2c(c1)C=NC2. The van der Waals surface area contributed by atoms with Crippen molar-refractivity contribution in [2.24, 2.45) is 4.99 Å². The highest BCUT2D eigenvalue weighted by Gasteiger charge is 2.13. The summed E-state index contributed by atoms with van der Waals surface area (Å²) in [6.07, 6.45) is 1.73. The van der Waals surface area contributed by atoms with E-state index in [0.717, 1.165) is 11.1 Å². The Balaban J connectivity index is 2.19. The largest absolute Gasteiger partial charge is 0.288 e. The van der Waals surface area contributed by atoms with Gasteiger partial charge in [0.1, 0.15) is 11.6 Å². The minimum Gasteiger partial charge on any atom is -0.288 e. The van der Waals surface area contributed by atoms with Crippen molar-refractivity contribution in [2.75, 3.05) is 0 Å². The maximum atomic E-state index is 13.6. The first-order valence-electron chi connectivity index (χ1n) is 5.33. The first kappa shape index (κ1) is 10.1. The summed E-state index contributed by atoms with van der Waals surface area (Å²) in [4.78, 5) is 4.12. The molecule has 0 unspecified atom stereocenters. The molecule has 0 fully saturated rings. The van der Waals surface area contributed by atoms with Crippen molar-refractivity contribution in [3.8, 4) is 11.1 Å². The summed E-state index contributed by atoms with van der Waals surface area (Å²) in [6.45, 7) is 0.648. The average molecular weight is 229 g/mol. The molecule has 2 aromatic carbocycles. The molecule has 84 valence electrons. The van der Waals surface area contributed by atoms with Crippen molar-refractivity contribution in [3.63, 3.8) is 0 Å². The number of fused-ring (bicyclic) bond motifs is 1. The third-order valence-electron chi connectivity index (χ3n) is 2.89. The van der Waals surface area contributed by atoms with Crippen LogP contribution in [0.3, 0.4) is 0 Å². The molecule has 3 rings (SSSR count). The van der Waals surface area contributed by atoms with Crippen LogP contribution < -0.4 is 0 Å². The Labute approximate surface area is 97.4 Å². The van der Waals surface area contributed by atoms with Crippen LogP contribution in [0.15, 0.2) is 41.4 Å². The highest BCUT2D eigenvalue weighted by molar-refractivity contribution is 5.87. The molecule has 0 N–H and O–H groups in total. The summed E-state index contributed by atoms with van der Waals surface area (Å²) < 4.78 is 27.2. The molecular weight excluding hydrogens is 220 g/mol. The predicted molar refractivity (Wildman–Crippen MR) is 63.1 cm³/mol. The summed E-state index contributed by atoms with van der Waals surface area (Å²) >= 11 is 0. The van der Waals surface area contributed by atoms with E-state index in [9.17, 15) is 8.78 Å². The van der Waals surface area contributed by atoms with E-state index in [1.165, 1.54) is 18.2 Å². The van der Waals surface area contributed by atoms with Crippen LogP contribution >= 0.6 is 0 Å². The number of aliphatic imine (C=N–C) groups is 1. The smallest absolute Gasteiger partial charge is 0.133 e. The molecule has 0 radical (unpaired) electrons. The monoisotopic (exact) mass is 229 g/mol. The lowest BCUT2D eigenvalue weighted by Gasteiger charge is -2.06. The summed E-state index contributed by atoms with van der Waals surface area (Å²) in [7, 11) is 0. The van der Waals surface area contributed by atoms with Gasteiger partial charge < -0.3 is 0 Å². The first-order valence-corrected chi connectivity index (χ1v) is 5.33. The molecular formula is C14H9F2N. The Morgan fingerprint density at radius 2 is 1.76 bits per heavy atom. The third kappa shape index (κ3) is 1.64. The van der Waals surface area contributed by atoms with Crippen LogP contribution in [0.4, 0.5) is 8.78 Å². The van der Waals surface area contributed by atoms with E-state index < -0.39 is 11.6 Å². The number of halogens is 2. The van der Waals surface area contributed by atoms with Crippen LogP contribution in [0.5, 0.6) is 0 Å². The molecule has 17 heavy (non-hydrogen) atoms. The van der Waals surface area contributed by atoms with E-state index >= 15 is 0 Å². The molecule has 1 nitrogen and oxygen atoms in total. The van der Waals surface area contributed by atoms with Gasteiger partial charge in [0.05, 0.1) is 12.1 Å². The number of nitrogens with zero attached hydrogens (tertiary/aromatic N) is 1. The zero-order valence-electron chi connectivity index (χ0n) is 8.95. The minimum absolute atomic E-state index is 0.0237. The van der Waals surface area contributed by atoms with E-state index in [-0.39, 0.29) is 5.56 Å². The Kier molecular flexibility index (Phi) is 2.25. The molecule has 0 saturated carbocycles. The van der Waals surface area contributed by atoms with Crippen LogP contribution in [-0.4, -0.2) is 6.21 Å². The van der Waals surface area contributed by atoms with Crippen molar-refractivity contribution < 1.29 is 8.78 Å². The third-order valence-corrected chi connectivity index (χ3v) is 2.89. The molecule has 0 atom stereocenters. The van der Waals surface area contributed by atoms with Crippen LogP contribution in [0.25, 0.3) is 11.1 Å². The van der Waals surface area contributed by atoms with Gasteiger partial charge in [-0.2, -0.15) is 0 Å². The second-order valence-electron chi connectivity index (χ2n) is 3.98. The molecule has 0 amide bonds. The van der Waals surface area contributed by atoms with Gasteiger partial charge in [0.2, 0.25) is 0 Å². The van der Waals surface area contributed by atoms with Crippen LogP contribution in [0.1, 0.15) is 11.1 Å². The molecule has 0 bridgehead atoms. The van der Waals surface area contributed by atoms with Crippen molar-refractivity contribution in [3.05, 3.63) is 59.2 Å². The quantitative estimate of drug-likeness (QED) is 0.709. The molecule has 2 aromatic rings. The summed E-state index contributed by atoms with van der Waals surface area (Å²) in [5, 5.41) is 0. The fraction of sp³-hybridized carbons (Fsp3) is 0.0714. The second-order valence-corrected chi connectivity index (χ2v) is 3.98. The highest BCUT2D eigenvalue weighted by atomic mass is 19.1. The molecule has 0 spiro atoms. The molecule has 3 heteroatoms. The molecule has 0 aromatic heterocycles. The molecule has 1 aliphatic rings.